The minimum absolute atomic E-state index is 0.581. The molecule has 0 saturated carbocycles. The standard InChI is InChI=1S/C14H16BrN3O2/c1-4-5-18-8-17-13(14(18)16)9-6-11(19-2)12(20-3)7-10(9)15/h4,6-8H,1,5,16H2,2-3H3. The normalized spacial score (nSPS) is 10.3. The Labute approximate surface area is 126 Å². The van der Waals surface area contributed by atoms with E-state index in [0.29, 0.717) is 29.6 Å². The number of aromatic nitrogens is 2. The number of benzene rings is 1. The summed E-state index contributed by atoms with van der Waals surface area (Å²) in [5.74, 6) is 1.86. The van der Waals surface area contributed by atoms with Gasteiger partial charge in [-0.1, -0.05) is 6.08 Å². The molecule has 0 spiro atoms. The first-order chi connectivity index (χ1) is 9.62. The predicted octanol–water partition coefficient (Wildman–Crippen LogP) is 3.10. The molecule has 1 aromatic heterocycles. The summed E-state index contributed by atoms with van der Waals surface area (Å²) < 4.78 is 13.2. The van der Waals surface area contributed by atoms with Gasteiger partial charge in [0.15, 0.2) is 11.5 Å². The van der Waals surface area contributed by atoms with E-state index in [1.165, 1.54) is 0 Å². The van der Waals surface area contributed by atoms with Crippen LogP contribution in [0.15, 0.2) is 35.6 Å². The number of rotatable bonds is 5. The van der Waals surface area contributed by atoms with Gasteiger partial charge in [-0.05, 0) is 28.1 Å². The quantitative estimate of drug-likeness (QED) is 0.851. The van der Waals surface area contributed by atoms with Crippen LogP contribution < -0.4 is 15.2 Å². The van der Waals surface area contributed by atoms with Crippen LogP contribution in [0.2, 0.25) is 0 Å². The summed E-state index contributed by atoms with van der Waals surface area (Å²) in [5, 5.41) is 0. The first-order valence-corrected chi connectivity index (χ1v) is 6.75. The zero-order valence-electron chi connectivity index (χ0n) is 11.4. The summed E-state index contributed by atoms with van der Waals surface area (Å²) in [6.45, 7) is 4.31. The Balaban J connectivity index is 2.55. The van der Waals surface area contributed by atoms with Crippen LogP contribution in [0.1, 0.15) is 0 Å². The number of ether oxygens (including phenoxy) is 2. The lowest BCUT2D eigenvalue weighted by atomic mass is 10.1. The number of nitrogen functional groups attached to an aromatic ring is 1. The molecule has 0 fully saturated rings. The Hall–Kier alpha value is -1.95. The number of allylic oxidation sites excluding steroid dienone is 1. The van der Waals surface area contributed by atoms with Crippen molar-refractivity contribution in [1.82, 2.24) is 9.55 Å². The summed E-state index contributed by atoms with van der Waals surface area (Å²) in [4.78, 5) is 4.36. The molecule has 0 aliphatic heterocycles. The summed E-state index contributed by atoms with van der Waals surface area (Å²) in [7, 11) is 3.19. The zero-order chi connectivity index (χ0) is 14.7. The number of nitrogens with two attached hydrogens (primary N) is 1. The fraction of sp³-hybridized carbons (Fsp3) is 0.214. The maximum atomic E-state index is 6.11. The van der Waals surface area contributed by atoms with E-state index in [1.54, 1.807) is 26.6 Å². The SMILES string of the molecule is C=CCn1cnc(-c2cc(OC)c(OC)cc2Br)c1N. The third-order valence-electron chi connectivity index (χ3n) is 2.93. The van der Waals surface area contributed by atoms with Gasteiger partial charge in [-0.2, -0.15) is 0 Å². The van der Waals surface area contributed by atoms with E-state index in [4.69, 9.17) is 15.2 Å². The van der Waals surface area contributed by atoms with Gasteiger partial charge in [-0.3, -0.25) is 0 Å². The average molecular weight is 338 g/mol. The Morgan fingerprint density at radius 3 is 2.60 bits per heavy atom. The molecule has 1 heterocycles. The molecular formula is C14H16BrN3O2. The fourth-order valence-corrected chi connectivity index (χ4v) is 2.43. The Kier molecular flexibility index (Phi) is 4.34. The second kappa shape index (κ2) is 6.00. The van der Waals surface area contributed by atoms with Gasteiger partial charge in [0.1, 0.15) is 11.5 Å². The summed E-state index contributed by atoms with van der Waals surface area (Å²) in [6, 6.07) is 3.68. The van der Waals surface area contributed by atoms with E-state index in [-0.39, 0.29) is 0 Å². The smallest absolute Gasteiger partial charge is 0.161 e. The maximum absolute atomic E-state index is 6.11. The van der Waals surface area contributed by atoms with Crippen molar-refractivity contribution in [2.24, 2.45) is 0 Å². The first kappa shape index (κ1) is 14.5. The van der Waals surface area contributed by atoms with Gasteiger partial charge in [-0.15, -0.1) is 6.58 Å². The number of hydrogen-bond donors (Lipinski definition) is 1. The van der Waals surface area contributed by atoms with Gasteiger partial charge in [0.05, 0.1) is 20.5 Å². The molecule has 0 aliphatic carbocycles. The molecule has 5 nitrogen and oxygen atoms in total. The lowest BCUT2D eigenvalue weighted by molar-refractivity contribution is 0.355. The molecule has 2 aromatic rings. The molecule has 2 rings (SSSR count). The Morgan fingerprint density at radius 2 is 2.00 bits per heavy atom. The van der Waals surface area contributed by atoms with Crippen molar-refractivity contribution in [2.75, 3.05) is 20.0 Å². The molecule has 0 aliphatic rings. The third kappa shape index (κ3) is 2.51. The molecule has 0 amide bonds. The molecule has 1 aromatic carbocycles. The van der Waals surface area contributed by atoms with Crippen LogP contribution in [0.25, 0.3) is 11.3 Å². The molecule has 0 unspecified atom stereocenters. The van der Waals surface area contributed by atoms with Crippen molar-refractivity contribution >= 4 is 21.7 Å². The minimum atomic E-state index is 0.581. The minimum Gasteiger partial charge on any atom is -0.493 e. The van der Waals surface area contributed by atoms with E-state index in [9.17, 15) is 0 Å². The van der Waals surface area contributed by atoms with E-state index < -0.39 is 0 Å². The van der Waals surface area contributed by atoms with E-state index in [0.717, 1.165) is 10.0 Å². The van der Waals surface area contributed by atoms with Crippen molar-refractivity contribution in [3.8, 4) is 22.8 Å². The molecule has 0 atom stereocenters. The van der Waals surface area contributed by atoms with Gasteiger partial charge in [0.2, 0.25) is 0 Å². The molecule has 2 N–H and O–H groups in total. The van der Waals surface area contributed by atoms with Crippen molar-refractivity contribution in [3.05, 3.63) is 35.6 Å². The summed E-state index contributed by atoms with van der Waals surface area (Å²) >= 11 is 3.51. The van der Waals surface area contributed by atoms with Crippen LogP contribution in [0, 0.1) is 0 Å². The van der Waals surface area contributed by atoms with Gasteiger partial charge in [0, 0.05) is 16.6 Å². The largest absolute Gasteiger partial charge is 0.493 e. The lowest BCUT2D eigenvalue weighted by Gasteiger charge is -2.11. The summed E-state index contributed by atoms with van der Waals surface area (Å²) in [6.07, 6.45) is 3.46. The predicted molar refractivity (Wildman–Crippen MR) is 83.1 cm³/mol. The zero-order valence-corrected chi connectivity index (χ0v) is 13.0. The molecule has 0 bridgehead atoms. The number of halogens is 1. The van der Waals surface area contributed by atoms with Crippen LogP contribution in [-0.2, 0) is 6.54 Å². The molecule has 6 heteroatoms. The van der Waals surface area contributed by atoms with Crippen molar-refractivity contribution in [1.29, 1.82) is 0 Å². The van der Waals surface area contributed by atoms with Crippen LogP contribution in [0.3, 0.4) is 0 Å². The highest BCUT2D eigenvalue weighted by Gasteiger charge is 2.16. The van der Waals surface area contributed by atoms with E-state index in [1.807, 2.05) is 16.7 Å². The first-order valence-electron chi connectivity index (χ1n) is 5.95. The van der Waals surface area contributed by atoms with Gasteiger partial charge in [-0.25, -0.2) is 4.98 Å². The highest BCUT2D eigenvalue weighted by molar-refractivity contribution is 9.10. The van der Waals surface area contributed by atoms with Crippen LogP contribution in [-0.4, -0.2) is 23.8 Å². The highest BCUT2D eigenvalue weighted by Crippen LogP contribution is 2.39. The maximum Gasteiger partial charge on any atom is 0.161 e. The Bertz CT molecular complexity index is 638. The second-order valence-corrected chi connectivity index (χ2v) is 4.96. The van der Waals surface area contributed by atoms with Crippen molar-refractivity contribution < 1.29 is 9.47 Å². The van der Waals surface area contributed by atoms with E-state index >= 15 is 0 Å². The van der Waals surface area contributed by atoms with Crippen LogP contribution >= 0.6 is 15.9 Å². The average Bonchev–Trinajstić information content (AvgIpc) is 2.80. The monoisotopic (exact) mass is 337 g/mol. The van der Waals surface area contributed by atoms with Crippen LogP contribution in [0.4, 0.5) is 5.82 Å². The van der Waals surface area contributed by atoms with Gasteiger partial charge < -0.3 is 19.8 Å². The number of hydrogen-bond acceptors (Lipinski definition) is 4. The molecule has 106 valence electrons. The third-order valence-corrected chi connectivity index (χ3v) is 3.59. The van der Waals surface area contributed by atoms with Crippen molar-refractivity contribution in [3.63, 3.8) is 0 Å². The molecule has 0 radical (unpaired) electrons. The number of imidazole rings is 1. The van der Waals surface area contributed by atoms with E-state index in [2.05, 4.69) is 27.5 Å². The second-order valence-electron chi connectivity index (χ2n) is 4.11. The van der Waals surface area contributed by atoms with Crippen molar-refractivity contribution in [2.45, 2.75) is 6.54 Å². The number of methoxy groups -OCH3 is 2. The molecular weight excluding hydrogens is 322 g/mol. The highest BCUT2D eigenvalue weighted by atomic mass is 79.9. The lowest BCUT2D eigenvalue weighted by Crippen LogP contribution is -2.00. The number of anilines is 1. The topological polar surface area (TPSA) is 62.3 Å². The Morgan fingerprint density at radius 1 is 1.35 bits per heavy atom. The van der Waals surface area contributed by atoms with Crippen LogP contribution in [0.5, 0.6) is 11.5 Å². The van der Waals surface area contributed by atoms with Gasteiger partial charge >= 0.3 is 0 Å². The van der Waals surface area contributed by atoms with Gasteiger partial charge in [0.25, 0.3) is 0 Å². The fourth-order valence-electron chi connectivity index (χ4n) is 1.92. The molecule has 20 heavy (non-hydrogen) atoms. The summed E-state index contributed by atoms with van der Waals surface area (Å²) in [5.41, 5.74) is 7.66. The number of nitrogens with zero attached hydrogens (tertiary/aromatic N) is 2. The molecule has 0 saturated heterocycles.